The largest absolute Gasteiger partial charge is 0.383 e. The van der Waals surface area contributed by atoms with Crippen LogP contribution in [0, 0.1) is 0 Å². The molecule has 3 rings (SSSR count). The molecule has 17 heavy (non-hydrogen) atoms. The van der Waals surface area contributed by atoms with Crippen LogP contribution in [0.15, 0.2) is 47.2 Å². The molecule has 0 radical (unpaired) electrons. The van der Waals surface area contributed by atoms with Crippen LogP contribution in [0.4, 0.5) is 5.82 Å². The van der Waals surface area contributed by atoms with Gasteiger partial charge in [-0.1, -0.05) is 6.07 Å². The second kappa shape index (κ2) is 3.85. The highest BCUT2D eigenvalue weighted by Crippen LogP contribution is 2.27. The molecule has 0 bridgehead atoms. The van der Waals surface area contributed by atoms with Gasteiger partial charge in [-0.25, -0.2) is 4.98 Å². The minimum atomic E-state index is 0.597. The summed E-state index contributed by atoms with van der Waals surface area (Å²) in [7, 11) is 0. The number of fused-ring (bicyclic) bond motifs is 1. The van der Waals surface area contributed by atoms with Gasteiger partial charge in [-0.2, -0.15) is 0 Å². The zero-order valence-corrected chi connectivity index (χ0v) is 10.4. The van der Waals surface area contributed by atoms with E-state index in [4.69, 9.17) is 5.73 Å². The maximum absolute atomic E-state index is 6.08. The molecular weight excluding hydrogens is 280 g/mol. The highest BCUT2D eigenvalue weighted by Gasteiger charge is 2.13. The lowest BCUT2D eigenvalue weighted by atomic mass is 10.3. The molecule has 4 nitrogen and oxygen atoms in total. The molecule has 0 aromatic carbocycles. The zero-order valence-electron chi connectivity index (χ0n) is 8.84. The predicted octanol–water partition coefficient (Wildman–Crippen LogP) is 2.74. The lowest BCUT2D eigenvalue weighted by Gasteiger charge is -1.98. The standard InChI is InChI=1S/C12H9BrN4/c13-8-4-3-7-17-11(14)10(16-12(8)17)9-5-1-2-6-15-9/h1-7H,14H2. The third kappa shape index (κ3) is 1.59. The summed E-state index contributed by atoms with van der Waals surface area (Å²) in [4.78, 5) is 8.77. The van der Waals surface area contributed by atoms with Crippen molar-refractivity contribution in [2.45, 2.75) is 0 Å². The monoisotopic (exact) mass is 288 g/mol. The second-order valence-corrected chi connectivity index (χ2v) is 4.46. The fourth-order valence-corrected chi connectivity index (χ4v) is 2.18. The summed E-state index contributed by atoms with van der Waals surface area (Å²) in [5, 5.41) is 0. The Labute approximate surface area is 106 Å². The van der Waals surface area contributed by atoms with Crippen LogP contribution in [-0.2, 0) is 0 Å². The van der Waals surface area contributed by atoms with Gasteiger partial charge in [0.15, 0.2) is 5.65 Å². The minimum Gasteiger partial charge on any atom is -0.383 e. The van der Waals surface area contributed by atoms with Crippen LogP contribution in [0.2, 0.25) is 0 Å². The van der Waals surface area contributed by atoms with Crippen molar-refractivity contribution >= 4 is 27.4 Å². The molecule has 0 saturated heterocycles. The third-order valence-electron chi connectivity index (χ3n) is 2.55. The van der Waals surface area contributed by atoms with Crippen molar-refractivity contribution in [3.05, 3.63) is 47.2 Å². The van der Waals surface area contributed by atoms with Crippen molar-refractivity contribution in [1.29, 1.82) is 0 Å². The summed E-state index contributed by atoms with van der Waals surface area (Å²) in [6.45, 7) is 0. The maximum atomic E-state index is 6.08. The van der Waals surface area contributed by atoms with Crippen LogP contribution < -0.4 is 5.73 Å². The van der Waals surface area contributed by atoms with Crippen molar-refractivity contribution in [2.24, 2.45) is 0 Å². The Morgan fingerprint density at radius 2 is 2.06 bits per heavy atom. The summed E-state index contributed by atoms with van der Waals surface area (Å²) in [5.41, 5.74) is 8.36. The molecule has 0 aliphatic heterocycles. The van der Waals surface area contributed by atoms with Crippen molar-refractivity contribution < 1.29 is 0 Å². The summed E-state index contributed by atoms with van der Waals surface area (Å²) in [6, 6.07) is 9.53. The molecule has 0 atom stereocenters. The van der Waals surface area contributed by atoms with Gasteiger partial charge < -0.3 is 5.73 Å². The van der Waals surface area contributed by atoms with Crippen LogP contribution in [-0.4, -0.2) is 14.4 Å². The molecule has 0 saturated carbocycles. The first kappa shape index (κ1) is 10.3. The van der Waals surface area contributed by atoms with Gasteiger partial charge in [-0.05, 0) is 40.2 Å². The number of nitrogen functional groups attached to an aromatic ring is 1. The Hall–Kier alpha value is -1.88. The fraction of sp³-hybridized carbons (Fsp3) is 0. The number of hydrogen-bond acceptors (Lipinski definition) is 3. The summed E-state index contributed by atoms with van der Waals surface area (Å²) in [6.07, 6.45) is 3.61. The highest BCUT2D eigenvalue weighted by molar-refractivity contribution is 9.10. The summed E-state index contributed by atoms with van der Waals surface area (Å²) >= 11 is 3.46. The van der Waals surface area contributed by atoms with E-state index in [1.165, 1.54) is 0 Å². The first-order valence-electron chi connectivity index (χ1n) is 5.11. The van der Waals surface area contributed by atoms with E-state index in [0.29, 0.717) is 11.5 Å². The average molecular weight is 289 g/mol. The van der Waals surface area contributed by atoms with Crippen LogP contribution in [0.1, 0.15) is 0 Å². The molecule has 84 valence electrons. The SMILES string of the molecule is Nc1c(-c2ccccn2)nc2c(Br)cccn12. The molecule has 0 spiro atoms. The van der Waals surface area contributed by atoms with E-state index in [1.54, 1.807) is 6.20 Å². The van der Waals surface area contributed by atoms with Crippen LogP contribution in [0.5, 0.6) is 0 Å². The quantitative estimate of drug-likeness (QED) is 0.749. The predicted molar refractivity (Wildman–Crippen MR) is 70.5 cm³/mol. The lowest BCUT2D eigenvalue weighted by Crippen LogP contribution is -1.94. The Balaban J connectivity index is 2.32. The van der Waals surface area contributed by atoms with Crippen molar-refractivity contribution in [1.82, 2.24) is 14.4 Å². The Bertz CT molecular complexity index is 676. The number of hydrogen-bond donors (Lipinski definition) is 1. The van der Waals surface area contributed by atoms with Crippen molar-refractivity contribution in [2.75, 3.05) is 5.73 Å². The fourth-order valence-electron chi connectivity index (χ4n) is 1.74. The molecule has 3 aromatic heterocycles. The van der Waals surface area contributed by atoms with Crippen LogP contribution >= 0.6 is 15.9 Å². The summed E-state index contributed by atoms with van der Waals surface area (Å²) in [5.74, 6) is 0.597. The van der Waals surface area contributed by atoms with Gasteiger partial charge in [0.1, 0.15) is 11.5 Å². The number of nitrogens with zero attached hydrogens (tertiary/aromatic N) is 3. The number of rotatable bonds is 1. The minimum absolute atomic E-state index is 0.597. The molecule has 0 unspecified atom stereocenters. The second-order valence-electron chi connectivity index (χ2n) is 3.61. The molecular formula is C12H9BrN4. The number of pyridine rings is 2. The number of imidazole rings is 1. The Morgan fingerprint density at radius 1 is 1.18 bits per heavy atom. The number of anilines is 1. The third-order valence-corrected chi connectivity index (χ3v) is 3.17. The van der Waals surface area contributed by atoms with Crippen molar-refractivity contribution in [3.8, 4) is 11.4 Å². The molecule has 0 amide bonds. The molecule has 3 heterocycles. The number of halogens is 1. The van der Waals surface area contributed by atoms with Gasteiger partial charge in [0.25, 0.3) is 0 Å². The lowest BCUT2D eigenvalue weighted by molar-refractivity contribution is 1.19. The number of nitrogens with two attached hydrogens (primary N) is 1. The van der Waals surface area contributed by atoms with Gasteiger partial charge in [-0.3, -0.25) is 9.38 Å². The number of aromatic nitrogens is 3. The van der Waals surface area contributed by atoms with Gasteiger partial charge >= 0.3 is 0 Å². The zero-order chi connectivity index (χ0) is 11.8. The van der Waals surface area contributed by atoms with Crippen molar-refractivity contribution in [3.63, 3.8) is 0 Å². The van der Waals surface area contributed by atoms with E-state index in [9.17, 15) is 0 Å². The van der Waals surface area contributed by atoms with E-state index in [-0.39, 0.29) is 0 Å². The van der Waals surface area contributed by atoms with Gasteiger partial charge in [-0.15, -0.1) is 0 Å². The molecule has 0 aliphatic rings. The highest BCUT2D eigenvalue weighted by atomic mass is 79.9. The molecule has 3 aromatic rings. The van der Waals surface area contributed by atoms with Crippen LogP contribution in [0.3, 0.4) is 0 Å². The molecule has 0 aliphatic carbocycles. The van der Waals surface area contributed by atoms with Gasteiger partial charge in [0, 0.05) is 12.4 Å². The topological polar surface area (TPSA) is 56.2 Å². The summed E-state index contributed by atoms with van der Waals surface area (Å²) < 4.78 is 2.75. The van der Waals surface area contributed by atoms with Crippen LogP contribution in [0.25, 0.3) is 17.0 Å². The van der Waals surface area contributed by atoms with E-state index >= 15 is 0 Å². The van der Waals surface area contributed by atoms with Gasteiger partial charge in [0.2, 0.25) is 0 Å². The Morgan fingerprint density at radius 3 is 2.76 bits per heavy atom. The molecule has 0 fully saturated rings. The molecule has 2 N–H and O–H groups in total. The normalized spacial score (nSPS) is 10.9. The maximum Gasteiger partial charge on any atom is 0.153 e. The first-order chi connectivity index (χ1) is 8.27. The van der Waals surface area contributed by atoms with E-state index in [1.807, 2.05) is 40.9 Å². The Kier molecular flexibility index (Phi) is 2.33. The van der Waals surface area contributed by atoms with E-state index in [2.05, 4.69) is 25.9 Å². The van der Waals surface area contributed by atoms with Gasteiger partial charge in [0.05, 0.1) is 10.2 Å². The molecule has 5 heteroatoms. The van der Waals surface area contributed by atoms with E-state index < -0.39 is 0 Å². The smallest absolute Gasteiger partial charge is 0.153 e. The van der Waals surface area contributed by atoms with E-state index in [0.717, 1.165) is 15.8 Å². The average Bonchev–Trinajstić information content (AvgIpc) is 2.70. The first-order valence-corrected chi connectivity index (χ1v) is 5.90.